The van der Waals surface area contributed by atoms with Gasteiger partial charge in [0.25, 0.3) is 0 Å². The summed E-state index contributed by atoms with van der Waals surface area (Å²) in [6.07, 6.45) is 2.98. The summed E-state index contributed by atoms with van der Waals surface area (Å²) in [5, 5.41) is 0. The molecule has 0 bridgehead atoms. The van der Waals surface area contributed by atoms with E-state index in [1.807, 2.05) is 18.7 Å². The highest BCUT2D eigenvalue weighted by Crippen LogP contribution is 2.29. The molecule has 0 aromatic heterocycles. The first kappa shape index (κ1) is 12.5. The third kappa shape index (κ3) is 2.71. The molecule has 0 N–H and O–H groups in total. The Hall–Kier alpha value is -0.570. The number of ether oxygens (including phenoxy) is 1. The van der Waals surface area contributed by atoms with Crippen molar-refractivity contribution < 1.29 is 9.53 Å². The van der Waals surface area contributed by atoms with Gasteiger partial charge in [-0.3, -0.25) is 4.79 Å². The molecule has 15 heavy (non-hydrogen) atoms. The van der Waals surface area contributed by atoms with Crippen molar-refractivity contribution >= 4 is 5.91 Å². The van der Waals surface area contributed by atoms with Crippen LogP contribution >= 0.6 is 0 Å². The molecule has 0 saturated carbocycles. The van der Waals surface area contributed by atoms with Crippen molar-refractivity contribution in [2.24, 2.45) is 5.92 Å². The van der Waals surface area contributed by atoms with Gasteiger partial charge in [-0.15, -0.1) is 0 Å². The van der Waals surface area contributed by atoms with E-state index in [9.17, 15) is 4.79 Å². The summed E-state index contributed by atoms with van der Waals surface area (Å²) >= 11 is 0. The zero-order valence-corrected chi connectivity index (χ0v) is 10.4. The predicted octanol–water partition coefficient (Wildman–Crippen LogP) is 2.06. The molecule has 1 amide bonds. The topological polar surface area (TPSA) is 29.5 Å². The molecular formula is C12H23NO2. The lowest BCUT2D eigenvalue weighted by molar-refractivity contribution is -0.140. The van der Waals surface area contributed by atoms with Crippen LogP contribution in [-0.4, -0.2) is 36.6 Å². The van der Waals surface area contributed by atoms with Crippen LogP contribution in [0.2, 0.25) is 0 Å². The number of carbonyl (C=O) groups is 1. The zero-order valence-electron chi connectivity index (χ0n) is 10.4. The van der Waals surface area contributed by atoms with Gasteiger partial charge in [-0.05, 0) is 19.3 Å². The molecule has 1 saturated heterocycles. The van der Waals surface area contributed by atoms with Crippen molar-refractivity contribution in [3.63, 3.8) is 0 Å². The maximum absolute atomic E-state index is 11.8. The first-order valence-corrected chi connectivity index (χ1v) is 5.88. The monoisotopic (exact) mass is 213 g/mol. The maximum Gasteiger partial charge on any atom is 0.225 e. The molecule has 88 valence electrons. The number of nitrogens with zero attached hydrogens (tertiary/aromatic N) is 1. The van der Waals surface area contributed by atoms with E-state index in [0.29, 0.717) is 0 Å². The highest BCUT2D eigenvalue weighted by molar-refractivity contribution is 5.78. The summed E-state index contributed by atoms with van der Waals surface area (Å²) in [6.45, 7) is 7.77. The van der Waals surface area contributed by atoms with Gasteiger partial charge in [0.2, 0.25) is 5.91 Å². The van der Waals surface area contributed by atoms with Crippen molar-refractivity contribution in [1.29, 1.82) is 0 Å². The summed E-state index contributed by atoms with van der Waals surface area (Å²) in [6, 6.07) is 0. The van der Waals surface area contributed by atoms with Gasteiger partial charge < -0.3 is 9.64 Å². The van der Waals surface area contributed by atoms with E-state index in [1.54, 1.807) is 7.11 Å². The van der Waals surface area contributed by atoms with E-state index < -0.39 is 0 Å². The summed E-state index contributed by atoms with van der Waals surface area (Å²) in [4.78, 5) is 13.7. The minimum atomic E-state index is 0.0216. The minimum absolute atomic E-state index is 0.0216. The molecular weight excluding hydrogens is 190 g/mol. The Bertz CT molecular complexity index is 212. The molecule has 0 atom stereocenters. The van der Waals surface area contributed by atoms with Gasteiger partial charge in [0, 0.05) is 26.1 Å². The first-order valence-electron chi connectivity index (χ1n) is 5.88. The van der Waals surface area contributed by atoms with E-state index in [4.69, 9.17) is 4.74 Å². The molecule has 0 unspecified atom stereocenters. The Balaban J connectivity index is 2.52. The molecule has 0 aromatic carbocycles. The molecule has 0 aliphatic carbocycles. The molecule has 1 fully saturated rings. The van der Waals surface area contributed by atoms with Crippen LogP contribution < -0.4 is 0 Å². The quantitative estimate of drug-likeness (QED) is 0.718. The molecule has 3 nitrogen and oxygen atoms in total. The standard InChI is InChI=1S/C12H23NO2/c1-5-12(15-4)6-8-13(9-7-12)11(14)10(2)3/h10H,5-9H2,1-4H3. The Morgan fingerprint density at radius 1 is 1.40 bits per heavy atom. The Labute approximate surface area is 92.8 Å². The van der Waals surface area contributed by atoms with Gasteiger partial charge in [-0.2, -0.15) is 0 Å². The van der Waals surface area contributed by atoms with E-state index in [1.165, 1.54) is 0 Å². The van der Waals surface area contributed by atoms with E-state index >= 15 is 0 Å². The molecule has 1 rings (SSSR count). The van der Waals surface area contributed by atoms with Gasteiger partial charge in [0.05, 0.1) is 5.60 Å². The van der Waals surface area contributed by atoms with Gasteiger partial charge >= 0.3 is 0 Å². The van der Waals surface area contributed by atoms with Crippen LogP contribution in [0, 0.1) is 5.92 Å². The molecule has 0 aromatic rings. The van der Waals surface area contributed by atoms with Gasteiger partial charge in [0.15, 0.2) is 0 Å². The second-order valence-corrected chi connectivity index (χ2v) is 4.72. The fraction of sp³-hybridized carbons (Fsp3) is 0.917. The van der Waals surface area contributed by atoms with Crippen LogP contribution in [0.15, 0.2) is 0 Å². The summed E-state index contributed by atoms with van der Waals surface area (Å²) < 4.78 is 5.58. The number of hydrogen-bond donors (Lipinski definition) is 0. The second kappa shape index (κ2) is 4.97. The summed E-state index contributed by atoms with van der Waals surface area (Å²) in [7, 11) is 1.78. The lowest BCUT2D eigenvalue weighted by Crippen LogP contribution is -2.48. The van der Waals surface area contributed by atoms with E-state index in [0.717, 1.165) is 32.4 Å². The normalized spacial score (nSPS) is 20.7. The summed E-state index contributed by atoms with van der Waals surface area (Å²) in [5.41, 5.74) is 0.0216. The molecule has 1 heterocycles. The number of amides is 1. The van der Waals surface area contributed by atoms with Crippen LogP contribution in [0.5, 0.6) is 0 Å². The lowest BCUT2D eigenvalue weighted by atomic mass is 9.88. The fourth-order valence-electron chi connectivity index (χ4n) is 2.20. The molecule has 0 spiro atoms. The van der Waals surface area contributed by atoms with Crippen molar-refractivity contribution in [1.82, 2.24) is 4.90 Å². The summed E-state index contributed by atoms with van der Waals surface area (Å²) in [5.74, 6) is 0.387. The molecule has 3 heteroatoms. The van der Waals surface area contributed by atoms with E-state index in [2.05, 4.69) is 6.92 Å². The van der Waals surface area contributed by atoms with Crippen LogP contribution in [-0.2, 0) is 9.53 Å². The van der Waals surface area contributed by atoms with Gasteiger partial charge in [-0.25, -0.2) is 0 Å². The Kier molecular flexibility index (Phi) is 4.14. The predicted molar refractivity (Wildman–Crippen MR) is 60.7 cm³/mol. The average molecular weight is 213 g/mol. The van der Waals surface area contributed by atoms with Crippen LogP contribution in [0.4, 0.5) is 0 Å². The Morgan fingerprint density at radius 3 is 2.27 bits per heavy atom. The number of hydrogen-bond acceptors (Lipinski definition) is 2. The third-order valence-corrected chi connectivity index (χ3v) is 3.56. The maximum atomic E-state index is 11.8. The Morgan fingerprint density at radius 2 is 1.93 bits per heavy atom. The van der Waals surface area contributed by atoms with Crippen LogP contribution in [0.1, 0.15) is 40.0 Å². The zero-order chi connectivity index (χ0) is 11.5. The van der Waals surface area contributed by atoms with Crippen molar-refractivity contribution in [2.75, 3.05) is 20.2 Å². The second-order valence-electron chi connectivity index (χ2n) is 4.72. The number of piperidine rings is 1. The minimum Gasteiger partial charge on any atom is -0.378 e. The number of rotatable bonds is 3. The molecule has 1 aliphatic heterocycles. The lowest BCUT2D eigenvalue weighted by Gasteiger charge is -2.40. The van der Waals surface area contributed by atoms with Gasteiger partial charge in [-0.1, -0.05) is 20.8 Å². The SMILES string of the molecule is CCC1(OC)CCN(C(=O)C(C)C)CC1. The highest BCUT2D eigenvalue weighted by atomic mass is 16.5. The smallest absolute Gasteiger partial charge is 0.225 e. The fourth-order valence-corrected chi connectivity index (χ4v) is 2.20. The van der Waals surface area contributed by atoms with Gasteiger partial charge in [0.1, 0.15) is 0 Å². The highest BCUT2D eigenvalue weighted by Gasteiger charge is 2.34. The number of carbonyl (C=O) groups excluding carboxylic acids is 1. The van der Waals surface area contributed by atoms with Crippen molar-refractivity contribution in [2.45, 2.75) is 45.6 Å². The molecule has 1 aliphatic rings. The largest absolute Gasteiger partial charge is 0.378 e. The molecule has 0 radical (unpaired) electrons. The first-order chi connectivity index (χ1) is 7.04. The number of likely N-dealkylation sites (tertiary alicyclic amines) is 1. The van der Waals surface area contributed by atoms with E-state index in [-0.39, 0.29) is 17.4 Å². The van der Waals surface area contributed by atoms with Crippen molar-refractivity contribution in [3.8, 4) is 0 Å². The average Bonchev–Trinajstić information content (AvgIpc) is 2.28. The van der Waals surface area contributed by atoms with Crippen molar-refractivity contribution in [3.05, 3.63) is 0 Å². The van der Waals surface area contributed by atoms with Crippen LogP contribution in [0.25, 0.3) is 0 Å². The third-order valence-electron chi connectivity index (χ3n) is 3.56. The van der Waals surface area contributed by atoms with Crippen LogP contribution in [0.3, 0.4) is 0 Å². The number of methoxy groups -OCH3 is 1.